The maximum Gasteiger partial charge on any atom is 0.224 e. The lowest BCUT2D eigenvalue weighted by molar-refractivity contribution is -0.130. The molecule has 0 aliphatic rings. The van der Waals surface area contributed by atoms with Crippen LogP contribution in [0.4, 0.5) is 0 Å². The zero-order chi connectivity index (χ0) is 22.3. The molecule has 0 fully saturated rings. The van der Waals surface area contributed by atoms with E-state index in [1.54, 1.807) is 0 Å². The Bertz CT molecular complexity index is 804. The number of aliphatic imine (C=N–C) groups is 1. The van der Waals surface area contributed by atoms with E-state index in [2.05, 4.69) is 34.9 Å². The lowest BCUT2D eigenvalue weighted by atomic mass is 10.1. The lowest BCUT2D eigenvalue weighted by Gasteiger charge is -2.19. The summed E-state index contributed by atoms with van der Waals surface area (Å²) in [5, 5.41) is 6.52. The minimum absolute atomic E-state index is 0.161. The molecule has 31 heavy (non-hydrogen) atoms. The number of hydrogen-bond acceptors (Lipinski definition) is 3. The fourth-order valence-corrected chi connectivity index (χ4v) is 3.23. The van der Waals surface area contributed by atoms with Crippen LogP contribution in [0.1, 0.15) is 43.9 Å². The predicted octanol–water partition coefficient (Wildman–Crippen LogP) is 3.72. The Labute approximate surface area is 186 Å². The maximum absolute atomic E-state index is 12.2. The summed E-state index contributed by atoms with van der Waals surface area (Å²) in [5.74, 6) is 0.879. The molecule has 0 aliphatic heterocycles. The van der Waals surface area contributed by atoms with Crippen LogP contribution < -0.4 is 10.6 Å². The molecule has 2 N–H and O–H groups in total. The Kier molecular flexibility index (Phi) is 11.2. The fraction of sp³-hybridized carbons (Fsp3) is 0.440. The molecule has 6 heteroatoms. The third kappa shape index (κ3) is 8.80. The fourth-order valence-electron chi connectivity index (χ4n) is 3.23. The van der Waals surface area contributed by atoms with Gasteiger partial charge < -0.3 is 20.3 Å². The van der Waals surface area contributed by atoms with Crippen LogP contribution >= 0.6 is 0 Å². The quantitative estimate of drug-likeness (QED) is 0.403. The van der Waals surface area contributed by atoms with Crippen LogP contribution in [-0.2, 0) is 29.3 Å². The van der Waals surface area contributed by atoms with Crippen LogP contribution in [0.25, 0.3) is 0 Å². The molecule has 0 unspecified atom stereocenters. The summed E-state index contributed by atoms with van der Waals surface area (Å²) >= 11 is 0. The van der Waals surface area contributed by atoms with Crippen molar-refractivity contribution in [2.45, 2.75) is 47.0 Å². The smallest absolute Gasteiger partial charge is 0.224 e. The van der Waals surface area contributed by atoms with Crippen LogP contribution in [0, 0.1) is 0 Å². The molecule has 0 radical (unpaired) electrons. The molecule has 2 aromatic carbocycles. The Balaban J connectivity index is 1.90. The van der Waals surface area contributed by atoms with E-state index in [9.17, 15) is 4.79 Å². The second kappa shape index (κ2) is 14.2. The largest absolute Gasteiger partial charge is 0.372 e. The average Bonchev–Trinajstić information content (AvgIpc) is 2.80. The number of nitrogens with one attached hydrogen (secondary N) is 2. The van der Waals surface area contributed by atoms with Gasteiger partial charge in [0.05, 0.1) is 19.8 Å². The van der Waals surface area contributed by atoms with Gasteiger partial charge in [-0.2, -0.15) is 0 Å². The van der Waals surface area contributed by atoms with Crippen LogP contribution in [0.2, 0.25) is 0 Å². The summed E-state index contributed by atoms with van der Waals surface area (Å²) < 4.78 is 5.91. The molecule has 2 aromatic rings. The summed E-state index contributed by atoms with van der Waals surface area (Å²) in [7, 11) is 0. The summed E-state index contributed by atoms with van der Waals surface area (Å²) in [4.78, 5) is 18.7. The second-order valence-electron chi connectivity index (χ2n) is 7.19. The van der Waals surface area contributed by atoms with Crippen molar-refractivity contribution in [1.29, 1.82) is 0 Å². The van der Waals surface area contributed by atoms with Gasteiger partial charge in [0, 0.05) is 32.6 Å². The molecule has 0 spiro atoms. The number of ether oxygens (including phenoxy) is 1. The van der Waals surface area contributed by atoms with Gasteiger partial charge in [0.2, 0.25) is 5.91 Å². The summed E-state index contributed by atoms with van der Waals surface area (Å²) in [6, 6.07) is 18.4. The minimum Gasteiger partial charge on any atom is -0.372 e. The molecule has 0 aliphatic carbocycles. The van der Waals surface area contributed by atoms with Gasteiger partial charge in [-0.15, -0.1) is 0 Å². The first-order valence-electron chi connectivity index (χ1n) is 11.2. The zero-order valence-corrected chi connectivity index (χ0v) is 19.1. The third-order valence-electron chi connectivity index (χ3n) is 4.99. The van der Waals surface area contributed by atoms with Crippen molar-refractivity contribution < 1.29 is 9.53 Å². The Hall–Kier alpha value is -2.86. The summed E-state index contributed by atoms with van der Waals surface area (Å²) in [5.41, 5.74) is 3.43. The minimum atomic E-state index is 0.161. The van der Waals surface area contributed by atoms with Crippen molar-refractivity contribution in [3.8, 4) is 0 Å². The molecule has 0 aromatic heterocycles. The molecular formula is C25H36N4O2. The predicted molar refractivity (Wildman–Crippen MR) is 127 cm³/mol. The van der Waals surface area contributed by atoms with E-state index in [0.29, 0.717) is 32.7 Å². The number of hydrogen-bond donors (Lipinski definition) is 2. The number of nitrogens with zero attached hydrogens (tertiary/aromatic N) is 2. The van der Waals surface area contributed by atoms with Crippen molar-refractivity contribution >= 4 is 11.9 Å². The van der Waals surface area contributed by atoms with Crippen LogP contribution in [-0.4, -0.2) is 42.9 Å². The topological polar surface area (TPSA) is 66.0 Å². The van der Waals surface area contributed by atoms with Crippen molar-refractivity contribution in [3.63, 3.8) is 0 Å². The van der Waals surface area contributed by atoms with E-state index in [-0.39, 0.29) is 5.91 Å². The molecule has 168 valence electrons. The molecule has 0 saturated carbocycles. The molecule has 0 atom stereocenters. The van der Waals surface area contributed by atoms with Gasteiger partial charge in [0.1, 0.15) is 0 Å². The van der Waals surface area contributed by atoms with Crippen molar-refractivity contribution in [2.24, 2.45) is 4.99 Å². The van der Waals surface area contributed by atoms with Crippen molar-refractivity contribution in [3.05, 3.63) is 71.3 Å². The van der Waals surface area contributed by atoms with E-state index in [4.69, 9.17) is 9.73 Å². The highest BCUT2D eigenvalue weighted by atomic mass is 16.5. The second-order valence-corrected chi connectivity index (χ2v) is 7.19. The normalized spacial score (nSPS) is 11.3. The first-order valence-corrected chi connectivity index (χ1v) is 11.2. The maximum atomic E-state index is 12.2. The number of carbonyl (C=O) groups excluding carboxylic acids is 1. The Morgan fingerprint density at radius 2 is 1.58 bits per heavy atom. The number of benzene rings is 2. The van der Waals surface area contributed by atoms with Gasteiger partial charge >= 0.3 is 0 Å². The first kappa shape index (κ1) is 24.4. The molecule has 0 heterocycles. The highest BCUT2D eigenvalue weighted by Crippen LogP contribution is 2.13. The highest BCUT2D eigenvalue weighted by molar-refractivity contribution is 5.81. The molecule has 6 nitrogen and oxygen atoms in total. The number of carbonyl (C=O) groups is 1. The van der Waals surface area contributed by atoms with Gasteiger partial charge in [-0.1, -0.05) is 54.6 Å². The van der Waals surface area contributed by atoms with E-state index in [0.717, 1.165) is 42.3 Å². The van der Waals surface area contributed by atoms with E-state index in [1.807, 2.05) is 56.0 Å². The standard InChI is InChI=1S/C25H36N4O2/c1-4-26-25(27-17-16-24(30)29(5-2)6-3)28-18-22-14-10-11-15-23(22)20-31-19-21-12-8-7-9-13-21/h7-15H,4-6,16-20H2,1-3H3,(H2,26,27,28). The Morgan fingerprint density at radius 1 is 0.903 bits per heavy atom. The molecular weight excluding hydrogens is 388 g/mol. The third-order valence-corrected chi connectivity index (χ3v) is 4.99. The molecule has 0 saturated heterocycles. The van der Waals surface area contributed by atoms with Crippen molar-refractivity contribution in [1.82, 2.24) is 15.5 Å². The zero-order valence-electron chi connectivity index (χ0n) is 19.1. The summed E-state index contributed by atoms with van der Waals surface area (Å²) in [6.07, 6.45) is 0.454. The van der Waals surface area contributed by atoms with Crippen LogP contribution in [0.15, 0.2) is 59.6 Å². The summed E-state index contributed by atoms with van der Waals surface area (Å²) in [6.45, 7) is 10.5. The Morgan fingerprint density at radius 3 is 2.26 bits per heavy atom. The lowest BCUT2D eigenvalue weighted by Crippen LogP contribution is -2.40. The number of amides is 1. The SMILES string of the molecule is CCNC(=NCc1ccccc1COCc1ccccc1)NCCC(=O)N(CC)CC. The van der Waals surface area contributed by atoms with E-state index < -0.39 is 0 Å². The highest BCUT2D eigenvalue weighted by Gasteiger charge is 2.09. The molecule has 2 rings (SSSR count). The van der Waals surface area contributed by atoms with Crippen LogP contribution in [0.5, 0.6) is 0 Å². The average molecular weight is 425 g/mol. The van der Waals surface area contributed by atoms with E-state index >= 15 is 0 Å². The van der Waals surface area contributed by atoms with Gasteiger partial charge in [-0.25, -0.2) is 4.99 Å². The van der Waals surface area contributed by atoms with E-state index in [1.165, 1.54) is 0 Å². The van der Waals surface area contributed by atoms with Gasteiger partial charge in [-0.3, -0.25) is 4.79 Å². The number of rotatable bonds is 12. The van der Waals surface area contributed by atoms with Crippen LogP contribution in [0.3, 0.4) is 0 Å². The number of guanidine groups is 1. The monoisotopic (exact) mass is 424 g/mol. The van der Waals surface area contributed by atoms with Gasteiger partial charge in [-0.05, 0) is 37.5 Å². The first-order chi connectivity index (χ1) is 15.2. The molecule has 0 bridgehead atoms. The van der Waals surface area contributed by atoms with Gasteiger partial charge in [0.25, 0.3) is 0 Å². The van der Waals surface area contributed by atoms with Gasteiger partial charge in [0.15, 0.2) is 5.96 Å². The van der Waals surface area contributed by atoms with Crippen molar-refractivity contribution in [2.75, 3.05) is 26.2 Å². The molecule has 1 amide bonds.